The van der Waals surface area contributed by atoms with Crippen molar-refractivity contribution in [3.8, 4) is 17.2 Å². The zero-order valence-electron chi connectivity index (χ0n) is 17.2. The van der Waals surface area contributed by atoms with Crippen molar-refractivity contribution in [2.45, 2.75) is 25.9 Å². The van der Waals surface area contributed by atoms with Gasteiger partial charge < -0.3 is 19.5 Å². The number of methoxy groups -OCH3 is 3. The number of aromatic nitrogens is 2. The molecule has 1 aromatic heterocycles. The molecule has 2 heterocycles. The van der Waals surface area contributed by atoms with Gasteiger partial charge in [-0.2, -0.15) is 0 Å². The van der Waals surface area contributed by atoms with Crippen LogP contribution in [0, 0.1) is 0 Å². The van der Waals surface area contributed by atoms with Crippen LogP contribution in [0.25, 0.3) is 10.9 Å². The van der Waals surface area contributed by atoms with E-state index in [1.807, 2.05) is 0 Å². The number of aryl methyl sites for hydroxylation is 1. The third-order valence-electron chi connectivity index (χ3n) is 5.30. The van der Waals surface area contributed by atoms with E-state index in [2.05, 4.69) is 10.3 Å². The molecule has 0 bridgehead atoms. The second-order valence-electron chi connectivity index (χ2n) is 7.02. The van der Waals surface area contributed by atoms with Crippen LogP contribution in [0.1, 0.15) is 28.2 Å². The van der Waals surface area contributed by atoms with E-state index in [0.717, 1.165) is 24.2 Å². The molecule has 156 valence electrons. The minimum Gasteiger partial charge on any atom is -0.496 e. The molecule has 3 aromatic rings. The fraction of sp³-hybridized carbons (Fsp3) is 0.318. The quantitative estimate of drug-likeness (QED) is 0.672. The molecular formula is C22H23N3O5. The smallest absolute Gasteiger partial charge is 0.261 e. The molecule has 0 saturated carbocycles. The predicted molar refractivity (Wildman–Crippen MR) is 112 cm³/mol. The summed E-state index contributed by atoms with van der Waals surface area (Å²) in [6.45, 7) is 0.938. The number of ether oxygens (including phenoxy) is 3. The van der Waals surface area contributed by atoms with Gasteiger partial charge in [0.2, 0.25) is 0 Å². The number of carbonyl (C=O) groups excluding carboxylic acids is 1. The van der Waals surface area contributed by atoms with Crippen molar-refractivity contribution in [2.75, 3.05) is 21.3 Å². The maximum atomic E-state index is 12.7. The van der Waals surface area contributed by atoms with Crippen LogP contribution in [0.15, 0.2) is 35.1 Å². The van der Waals surface area contributed by atoms with Crippen LogP contribution < -0.4 is 25.1 Å². The predicted octanol–water partition coefficient (Wildman–Crippen LogP) is 2.30. The highest BCUT2D eigenvalue weighted by Crippen LogP contribution is 2.34. The number of hydrogen-bond acceptors (Lipinski definition) is 6. The van der Waals surface area contributed by atoms with Gasteiger partial charge in [-0.3, -0.25) is 14.2 Å². The summed E-state index contributed by atoms with van der Waals surface area (Å²) >= 11 is 0. The number of carbonyl (C=O) groups is 1. The van der Waals surface area contributed by atoms with Gasteiger partial charge in [0.05, 0.1) is 32.2 Å². The standard InChI is InChI=1S/C22H23N3O5/c1-28-17-11-19(30-3)18(29-2)10-14(17)12-23-21(26)13-6-7-15-16(9-13)24-20-5-4-8-25(20)22(15)27/h6-7,9-11H,4-5,8,12H2,1-3H3,(H,23,26). The Kier molecular flexibility index (Phi) is 5.31. The van der Waals surface area contributed by atoms with Gasteiger partial charge in [0, 0.05) is 36.7 Å². The third kappa shape index (κ3) is 3.45. The summed E-state index contributed by atoms with van der Waals surface area (Å²) < 4.78 is 17.7. The minimum absolute atomic E-state index is 0.0467. The number of hydrogen-bond donors (Lipinski definition) is 1. The van der Waals surface area contributed by atoms with Crippen molar-refractivity contribution in [2.24, 2.45) is 0 Å². The number of amides is 1. The maximum absolute atomic E-state index is 12.7. The molecule has 8 nitrogen and oxygen atoms in total. The van der Waals surface area contributed by atoms with E-state index in [1.54, 1.807) is 56.2 Å². The molecule has 0 atom stereocenters. The molecule has 0 saturated heterocycles. The lowest BCUT2D eigenvalue weighted by molar-refractivity contribution is 0.0950. The Morgan fingerprint density at radius 2 is 1.80 bits per heavy atom. The summed E-state index contributed by atoms with van der Waals surface area (Å²) in [6.07, 6.45) is 1.69. The van der Waals surface area contributed by atoms with Gasteiger partial charge in [-0.05, 0) is 30.7 Å². The van der Waals surface area contributed by atoms with E-state index in [9.17, 15) is 9.59 Å². The summed E-state index contributed by atoms with van der Waals surface area (Å²) in [5, 5.41) is 3.41. The highest BCUT2D eigenvalue weighted by atomic mass is 16.5. The first-order valence-corrected chi connectivity index (χ1v) is 9.66. The normalized spacial score (nSPS) is 12.5. The fourth-order valence-corrected chi connectivity index (χ4v) is 3.73. The van der Waals surface area contributed by atoms with E-state index >= 15 is 0 Å². The highest BCUT2D eigenvalue weighted by Gasteiger charge is 2.18. The van der Waals surface area contributed by atoms with Crippen LogP contribution in [0.3, 0.4) is 0 Å². The molecule has 0 radical (unpaired) electrons. The highest BCUT2D eigenvalue weighted by molar-refractivity contribution is 5.97. The van der Waals surface area contributed by atoms with Crippen LogP contribution in [0.5, 0.6) is 17.2 Å². The SMILES string of the molecule is COc1cc(OC)c(OC)cc1CNC(=O)c1ccc2c(=O)n3c(nc2c1)CCC3. The second kappa shape index (κ2) is 8.06. The molecule has 0 unspecified atom stereocenters. The van der Waals surface area contributed by atoms with Crippen LogP contribution in [0.4, 0.5) is 0 Å². The molecular weight excluding hydrogens is 386 g/mol. The second-order valence-corrected chi connectivity index (χ2v) is 7.02. The van der Waals surface area contributed by atoms with E-state index in [4.69, 9.17) is 14.2 Å². The Morgan fingerprint density at radius 3 is 2.53 bits per heavy atom. The van der Waals surface area contributed by atoms with Crippen molar-refractivity contribution < 1.29 is 19.0 Å². The minimum atomic E-state index is -0.267. The molecule has 1 aliphatic rings. The third-order valence-corrected chi connectivity index (χ3v) is 5.30. The van der Waals surface area contributed by atoms with Crippen LogP contribution >= 0.6 is 0 Å². The Hall–Kier alpha value is -3.55. The van der Waals surface area contributed by atoms with Gasteiger partial charge in [0.15, 0.2) is 11.5 Å². The fourth-order valence-electron chi connectivity index (χ4n) is 3.73. The monoisotopic (exact) mass is 409 g/mol. The molecule has 30 heavy (non-hydrogen) atoms. The van der Waals surface area contributed by atoms with Gasteiger partial charge in [-0.1, -0.05) is 0 Å². The molecule has 1 aliphatic heterocycles. The number of nitrogens with zero attached hydrogens (tertiary/aromatic N) is 2. The summed E-state index contributed by atoms with van der Waals surface area (Å²) in [5.74, 6) is 2.18. The lowest BCUT2D eigenvalue weighted by Crippen LogP contribution is -2.24. The number of nitrogens with one attached hydrogen (secondary N) is 1. The van der Waals surface area contributed by atoms with Crippen molar-refractivity contribution >= 4 is 16.8 Å². The van der Waals surface area contributed by atoms with Crippen molar-refractivity contribution in [1.82, 2.24) is 14.9 Å². The Bertz CT molecular complexity index is 1190. The van der Waals surface area contributed by atoms with E-state index in [0.29, 0.717) is 40.3 Å². The Labute approximate surface area is 173 Å². The first kappa shape index (κ1) is 19.8. The lowest BCUT2D eigenvalue weighted by atomic mass is 10.1. The Balaban J connectivity index is 1.58. The van der Waals surface area contributed by atoms with Gasteiger partial charge in [0.25, 0.3) is 11.5 Å². The Morgan fingerprint density at radius 1 is 1.07 bits per heavy atom. The average Bonchev–Trinajstić information content (AvgIpc) is 3.25. The van der Waals surface area contributed by atoms with Gasteiger partial charge in [-0.25, -0.2) is 4.98 Å². The summed E-state index contributed by atoms with van der Waals surface area (Å²) in [4.78, 5) is 29.9. The molecule has 2 aromatic carbocycles. The van der Waals surface area contributed by atoms with E-state index in [-0.39, 0.29) is 18.0 Å². The molecule has 1 N–H and O–H groups in total. The van der Waals surface area contributed by atoms with Crippen LogP contribution in [-0.2, 0) is 19.5 Å². The van der Waals surface area contributed by atoms with Gasteiger partial charge in [-0.15, -0.1) is 0 Å². The van der Waals surface area contributed by atoms with Crippen LogP contribution in [-0.4, -0.2) is 36.8 Å². The molecule has 1 amide bonds. The zero-order valence-corrected chi connectivity index (χ0v) is 17.2. The van der Waals surface area contributed by atoms with E-state index < -0.39 is 0 Å². The van der Waals surface area contributed by atoms with Crippen LogP contribution in [0.2, 0.25) is 0 Å². The van der Waals surface area contributed by atoms with Gasteiger partial charge >= 0.3 is 0 Å². The molecule has 0 spiro atoms. The van der Waals surface area contributed by atoms with Crippen molar-refractivity contribution in [1.29, 1.82) is 0 Å². The number of rotatable bonds is 6. The molecule has 8 heteroatoms. The average molecular weight is 409 g/mol. The summed E-state index contributed by atoms with van der Waals surface area (Å²) in [6, 6.07) is 8.46. The first-order chi connectivity index (χ1) is 14.5. The summed E-state index contributed by atoms with van der Waals surface area (Å²) in [5.41, 5.74) is 1.69. The number of benzene rings is 2. The van der Waals surface area contributed by atoms with E-state index in [1.165, 1.54) is 0 Å². The zero-order chi connectivity index (χ0) is 21.3. The first-order valence-electron chi connectivity index (χ1n) is 9.66. The largest absolute Gasteiger partial charge is 0.496 e. The molecule has 4 rings (SSSR count). The maximum Gasteiger partial charge on any atom is 0.261 e. The van der Waals surface area contributed by atoms with Crippen molar-refractivity contribution in [3.63, 3.8) is 0 Å². The topological polar surface area (TPSA) is 91.7 Å². The molecule has 0 aliphatic carbocycles. The molecule has 0 fully saturated rings. The van der Waals surface area contributed by atoms with Crippen molar-refractivity contribution in [3.05, 3.63) is 57.6 Å². The summed E-state index contributed by atoms with van der Waals surface area (Å²) in [7, 11) is 4.65. The number of fused-ring (bicyclic) bond motifs is 2. The lowest BCUT2D eigenvalue weighted by Gasteiger charge is -2.14. The van der Waals surface area contributed by atoms with Gasteiger partial charge in [0.1, 0.15) is 11.6 Å².